The van der Waals surface area contributed by atoms with Crippen LogP contribution in [0.4, 0.5) is 6.01 Å². The minimum atomic E-state index is -0.226. The van der Waals surface area contributed by atoms with Crippen molar-refractivity contribution >= 4 is 11.9 Å². The number of hydrogen-bond acceptors (Lipinski definition) is 6. The van der Waals surface area contributed by atoms with Gasteiger partial charge in [0.1, 0.15) is 0 Å². The van der Waals surface area contributed by atoms with Gasteiger partial charge in [-0.15, -0.1) is 5.10 Å². The van der Waals surface area contributed by atoms with Crippen LogP contribution in [-0.2, 0) is 11.2 Å². The molecule has 0 atom stereocenters. The Morgan fingerprint density at radius 2 is 1.77 bits per heavy atom. The molecule has 0 saturated heterocycles. The molecule has 7 heteroatoms. The van der Waals surface area contributed by atoms with Crippen LogP contribution in [0.5, 0.6) is 11.5 Å². The van der Waals surface area contributed by atoms with Gasteiger partial charge in [0.15, 0.2) is 11.5 Å². The summed E-state index contributed by atoms with van der Waals surface area (Å²) in [5.41, 5.74) is 2.72. The summed E-state index contributed by atoms with van der Waals surface area (Å²) < 4.78 is 16.0. The number of amides is 1. The van der Waals surface area contributed by atoms with E-state index in [0.29, 0.717) is 17.1 Å². The highest BCUT2D eigenvalue weighted by Crippen LogP contribution is 2.32. The number of aryl methyl sites for hydroxylation is 1. The van der Waals surface area contributed by atoms with Gasteiger partial charge in [0.05, 0.1) is 20.6 Å². The maximum atomic E-state index is 12.1. The lowest BCUT2D eigenvalue weighted by molar-refractivity contribution is -0.115. The maximum Gasteiger partial charge on any atom is 0.322 e. The second-order valence-electron chi connectivity index (χ2n) is 5.69. The van der Waals surface area contributed by atoms with Crippen molar-refractivity contribution in [2.24, 2.45) is 0 Å². The van der Waals surface area contributed by atoms with Gasteiger partial charge >= 0.3 is 6.01 Å². The zero-order chi connectivity index (χ0) is 18.5. The van der Waals surface area contributed by atoms with Gasteiger partial charge < -0.3 is 13.9 Å². The fourth-order valence-corrected chi connectivity index (χ4v) is 2.41. The zero-order valence-electron chi connectivity index (χ0n) is 14.8. The fraction of sp³-hybridized carbons (Fsp3) is 0.211. The minimum Gasteiger partial charge on any atom is -0.493 e. The lowest BCUT2D eigenvalue weighted by Crippen LogP contribution is -2.14. The van der Waals surface area contributed by atoms with Gasteiger partial charge in [0, 0.05) is 5.56 Å². The summed E-state index contributed by atoms with van der Waals surface area (Å²) in [5.74, 6) is 1.20. The minimum absolute atomic E-state index is 0.0481. The lowest BCUT2D eigenvalue weighted by atomic mass is 10.1. The third-order valence-electron chi connectivity index (χ3n) is 3.79. The van der Waals surface area contributed by atoms with Crippen LogP contribution in [0.2, 0.25) is 0 Å². The monoisotopic (exact) mass is 353 g/mol. The lowest BCUT2D eigenvalue weighted by Gasteiger charge is -2.07. The van der Waals surface area contributed by atoms with E-state index < -0.39 is 0 Å². The smallest absolute Gasteiger partial charge is 0.322 e. The molecule has 0 fully saturated rings. The molecular weight excluding hydrogens is 334 g/mol. The largest absolute Gasteiger partial charge is 0.493 e. The highest BCUT2D eigenvalue weighted by molar-refractivity contribution is 5.90. The molecule has 0 radical (unpaired) electrons. The first-order chi connectivity index (χ1) is 12.6. The average Bonchev–Trinajstić information content (AvgIpc) is 3.11. The molecule has 1 aromatic heterocycles. The van der Waals surface area contributed by atoms with Crippen LogP contribution in [-0.4, -0.2) is 30.3 Å². The van der Waals surface area contributed by atoms with Gasteiger partial charge in [-0.05, 0) is 30.7 Å². The van der Waals surface area contributed by atoms with Gasteiger partial charge in [-0.2, -0.15) is 0 Å². The van der Waals surface area contributed by atoms with Crippen LogP contribution in [0.1, 0.15) is 11.1 Å². The first kappa shape index (κ1) is 17.5. The first-order valence-corrected chi connectivity index (χ1v) is 8.00. The van der Waals surface area contributed by atoms with E-state index in [0.717, 1.165) is 11.1 Å². The summed E-state index contributed by atoms with van der Waals surface area (Å²) in [6.07, 6.45) is 0.231. The van der Waals surface area contributed by atoms with Crippen molar-refractivity contribution in [3.8, 4) is 23.0 Å². The van der Waals surface area contributed by atoms with Crippen molar-refractivity contribution in [2.75, 3.05) is 19.5 Å². The van der Waals surface area contributed by atoms with Gasteiger partial charge in [-0.3, -0.25) is 10.1 Å². The molecule has 0 aliphatic rings. The normalized spacial score (nSPS) is 10.4. The predicted molar refractivity (Wildman–Crippen MR) is 96.4 cm³/mol. The molecule has 134 valence electrons. The number of nitrogens with one attached hydrogen (secondary N) is 1. The molecular formula is C19H19N3O4. The Labute approximate surface area is 151 Å². The number of aromatic nitrogens is 2. The van der Waals surface area contributed by atoms with E-state index in [1.165, 1.54) is 0 Å². The molecule has 3 aromatic rings. The molecule has 0 bridgehead atoms. The highest BCUT2D eigenvalue weighted by Gasteiger charge is 2.14. The number of methoxy groups -OCH3 is 2. The molecule has 0 aliphatic heterocycles. The molecule has 0 unspecified atom stereocenters. The van der Waals surface area contributed by atoms with E-state index >= 15 is 0 Å². The van der Waals surface area contributed by atoms with Gasteiger partial charge in [0.2, 0.25) is 11.8 Å². The van der Waals surface area contributed by atoms with Crippen LogP contribution >= 0.6 is 0 Å². The SMILES string of the molecule is COc1ccc(-c2nnc(NC(=O)Cc3ccc(C)cc3)o2)cc1OC. The number of nitrogens with zero attached hydrogens (tertiary/aromatic N) is 2. The highest BCUT2D eigenvalue weighted by atomic mass is 16.5. The summed E-state index contributed by atoms with van der Waals surface area (Å²) in [6.45, 7) is 2.00. The van der Waals surface area contributed by atoms with Crippen LogP contribution in [0.3, 0.4) is 0 Å². The molecule has 3 rings (SSSR count). The second kappa shape index (κ2) is 7.69. The van der Waals surface area contributed by atoms with E-state index in [1.54, 1.807) is 32.4 Å². The van der Waals surface area contributed by atoms with Crippen molar-refractivity contribution in [1.82, 2.24) is 10.2 Å². The van der Waals surface area contributed by atoms with E-state index in [-0.39, 0.29) is 24.2 Å². The molecule has 1 heterocycles. The first-order valence-electron chi connectivity index (χ1n) is 8.00. The summed E-state index contributed by atoms with van der Waals surface area (Å²) in [5, 5.41) is 10.4. The number of carbonyl (C=O) groups is 1. The van der Waals surface area contributed by atoms with E-state index in [4.69, 9.17) is 13.9 Å². The molecule has 1 N–H and O–H groups in total. The number of ether oxygens (including phenoxy) is 2. The molecule has 0 spiro atoms. The van der Waals surface area contributed by atoms with Crippen LogP contribution in [0.15, 0.2) is 46.9 Å². The van der Waals surface area contributed by atoms with Crippen molar-refractivity contribution in [1.29, 1.82) is 0 Å². The number of rotatable bonds is 6. The predicted octanol–water partition coefficient (Wildman–Crippen LogP) is 3.24. The molecule has 7 nitrogen and oxygen atoms in total. The third kappa shape index (κ3) is 4.00. The third-order valence-corrected chi connectivity index (χ3v) is 3.79. The number of carbonyl (C=O) groups excluding carboxylic acids is 1. The fourth-order valence-electron chi connectivity index (χ4n) is 2.41. The summed E-state index contributed by atoms with van der Waals surface area (Å²) >= 11 is 0. The Hall–Kier alpha value is -3.35. The molecule has 1 amide bonds. The molecule has 0 saturated carbocycles. The molecule has 0 aliphatic carbocycles. The quantitative estimate of drug-likeness (QED) is 0.732. The zero-order valence-corrected chi connectivity index (χ0v) is 14.8. The maximum absolute atomic E-state index is 12.1. The summed E-state index contributed by atoms with van der Waals surface area (Å²) in [7, 11) is 3.11. The number of benzene rings is 2. The van der Waals surface area contributed by atoms with Crippen molar-refractivity contribution in [2.45, 2.75) is 13.3 Å². The summed E-state index contributed by atoms with van der Waals surface area (Å²) in [4.78, 5) is 12.1. The van der Waals surface area contributed by atoms with Crippen molar-refractivity contribution in [3.05, 3.63) is 53.6 Å². The second-order valence-corrected chi connectivity index (χ2v) is 5.69. The van der Waals surface area contributed by atoms with E-state index in [1.807, 2.05) is 31.2 Å². The van der Waals surface area contributed by atoms with E-state index in [9.17, 15) is 4.79 Å². The van der Waals surface area contributed by atoms with Crippen LogP contribution in [0, 0.1) is 6.92 Å². The standard InChI is InChI=1S/C19H19N3O4/c1-12-4-6-13(7-5-12)10-17(23)20-19-22-21-18(26-19)14-8-9-15(24-2)16(11-14)25-3/h4-9,11H,10H2,1-3H3,(H,20,22,23). The Kier molecular flexibility index (Phi) is 5.17. The average molecular weight is 353 g/mol. The topological polar surface area (TPSA) is 86.5 Å². The Bertz CT molecular complexity index is 903. The summed E-state index contributed by atoms with van der Waals surface area (Å²) in [6, 6.07) is 13.0. The van der Waals surface area contributed by atoms with E-state index in [2.05, 4.69) is 15.5 Å². The number of hydrogen-bond donors (Lipinski definition) is 1. The van der Waals surface area contributed by atoms with Crippen molar-refractivity contribution in [3.63, 3.8) is 0 Å². The van der Waals surface area contributed by atoms with Gasteiger partial charge in [0.25, 0.3) is 0 Å². The van der Waals surface area contributed by atoms with Crippen molar-refractivity contribution < 1.29 is 18.7 Å². The van der Waals surface area contributed by atoms with Crippen LogP contribution in [0.25, 0.3) is 11.5 Å². The van der Waals surface area contributed by atoms with Gasteiger partial charge in [-0.25, -0.2) is 0 Å². The van der Waals surface area contributed by atoms with Gasteiger partial charge in [-0.1, -0.05) is 34.9 Å². The number of anilines is 1. The van der Waals surface area contributed by atoms with Crippen LogP contribution < -0.4 is 14.8 Å². The molecule has 26 heavy (non-hydrogen) atoms. The Balaban J connectivity index is 1.69. The Morgan fingerprint density at radius 1 is 1.04 bits per heavy atom. The molecule has 2 aromatic carbocycles. The Morgan fingerprint density at radius 3 is 2.46 bits per heavy atom.